The Morgan fingerprint density at radius 2 is 1.81 bits per heavy atom. The van der Waals surface area contributed by atoms with E-state index in [1.165, 1.54) is 5.56 Å². The molecular weight excluding hydrogens is 196 g/mol. The molecule has 84 valence electrons. The van der Waals surface area contributed by atoms with Crippen molar-refractivity contribution in [1.29, 1.82) is 0 Å². The fourth-order valence-electron chi connectivity index (χ4n) is 1.17. The molecule has 0 saturated heterocycles. The minimum Gasteiger partial charge on any atom is -0.264 e. The summed E-state index contributed by atoms with van der Waals surface area (Å²) in [6, 6.07) is 9.92. The summed E-state index contributed by atoms with van der Waals surface area (Å²) in [5.74, 6) is 0.596. The van der Waals surface area contributed by atoms with Gasteiger partial charge in [-0.15, -0.1) is 0 Å². The van der Waals surface area contributed by atoms with Crippen LogP contribution in [0.1, 0.15) is 31.0 Å². The maximum absolute atomic E-state index is 4.01. The molecule has 0 aliphatic rings. The van der Waals surface area contributed by atoms with Crippen molar-refractivity contribution in [2.45, 2.75) is 26.7 Å². The van der Waals surface area contributed by atoms with E-state index in [1.54, 1.807) is 12.4 Å². The lowest BCUT2D eigenvalue weighted by atomic mass is 10.1. The van der Waals surface area contributed by atoms with E-state index < -0.39 is 0 Å². The Morgan fingerprint density at radius 3 is 2.12 bits per heavy atom. The maximum Gasteiger partial charge on any atom is 0.0372 e. The minimum absolute atomic E-state index is 0.596. The van der Waals surface area contributed by atoms with Crippen molar-refractivity contribution in [1.82, 2.24) is 9.97 Å². The van der Waals surface area contributed by atoms with E-state index in [9.17, 15) is 0 Å². The fraction of sp³-hybridized carbons (Fsp3) is 0.286. The van der Waals surface area contributed by atoms with E-state index in [0.717, 1.165) is 5.69 Å². The molecule has 2 heterocycles. The molecule has 0 spiro atoms. The van der Waals surface area contributed by atoms with Crippen LogP contribution in [-0.2, 0) is 0 Å². The molecule has 2 aromatic rings. The van der Waals surface area contributed by atoms with Crippen LogP contribution in [0, 0.1) is 6.92 Å². The van der Waals surface area contributed by atoms with Crippen molar-refractivity contribution >= 4 is 0 Å². The van der Waals surface area contributed by atoms with Crippen molar-refractivity contribution in [2.75, 3.05) is 0 Å². The number of aromatic nitrogens is 2. The number of hydrogen-bond acceptors (Lipinski definition) is 2. The lowest BCUT2D eigenvalue weighted by Gasteiger charge is -2.00. The van der Waals surface area contributed by atoms with Gasteiger partial charge in [-0.05, 0) is 36.6 Å². The number of hydrogen-bond donors (Lipinski definition) is 0. The Bertz CT molecular complexity index is 382. The van der Waals surface area contributed by atoms with E-state index in [0.29, 0.717) is 5.92 Å². The topological polar surface area (TPSA) is 25.8 Å². The molecule has 2 rings (SSSR count). The maximum atomic E-state index is 4.01. The molecule has 0 fully saturated rings. The van der Waals surface area contributed by atoms with Gasteiger partial charge in [-0.3, -0.25) is 9.97 Å². The van der Waals surface area contributed by atoms with Gasteiger partial charge >= 0.3 is 0 Å². The van der Waals surface area contributed by atoms with Crippen LogP contribution in [0.2, 0.25) is 0 Å². The molecule has 0 aliphatic carbocycles. The molecule has 16 heavy (non-hydrogen) atoms. The Balaban J connectivity index is 0.000000165. The largest absolute Gasteiger partial charge is 0.264 e. The molecule has 0 bridgehead atoms. The summed E-state index contributed by atoms with van der Waals surface area (Å²) < 4.78 is 0. The highest BCUT2D eigenvalue weighted by molar-refractivity contribution is 5.12. The first-order valence-corrected chi connectivity index (χ1v) is 5.47. The van der Waals surface area contributed by atoms with Gasteiger partial charge in [-0.2, -0.15) is 0 Å². The van der Waals surface area contributed by atoms with E-state index in [1.807, 2.05) is 37.4 Å². The van der Waals surface area contributed by atoms with Gasteiger partial charge < -0.3 is 0 Å². The highest BCUT2D eigenvalue weighted by Crippen LogP contribution is 2.10. The minimum atomic E-state index is 0.596. The SMILES string of the molecule is CC(C)c1cccnc1.Cc1ccccn1. The fourth-order valence-corrected chi connectivity index (χ4v) is 1.17. The second-order valence-corrected chi connectivity index (χ2v) is 3.91. The average Bonchev–Trinajstić information content (AvgIpc) is 2.32. The first-order chi connectivity index (χ1) is 7.70. The van der Waals surface area contributed by atoms with Crippen molar-refractivity contribution in [2.24, 2.45) is 0 Å². The third kappa shape index (κ3) is 4.69. The van der Waals surface area contributed by atoms with Crippen LogP contribution in [0.5, 0.6) is 0 Å². The predicted octanol–water partition coefficient (Wildman–Crippen LogP) is 3.60. The van der Waals surface area contributed by atoms with Crippen LogP contribution in [0.25, 0.3) is 0 Å². The van der Waals surface area contributed by atoms with Gasteiger partial charge in [0.1, 0.15) is 0 Å². The zero-order chi connectivity index (χ0) is 11.8. The van der Waals surface area contributed by atoms with Crippen LogP contribution in [0.15, 0.2) is 48.9 Å². The predicted molar refractivity (Wildman–Crippen MR) is 67.3 cm³/mol. The molecular formula is C14H18N2. The molecule has 0 aromatic carbocycles. The van der Waals surface area contributed by atoms with Crippen molar-refractivity contribution in [3.05, 3.63) is 60.2 Å². The summed E-state index contributed by atoms with van der Waals surface area (Å²) in [6.45, 7) is 6.30. The van der Waals surface area contributed by atoms with E-state index in [2.05, 4.69) is 29.9 Å². The summed E-state index contributed by atoms with van der Waals surface area (Å²) in [5.41, 5.74) is 2.38. The quantitative estimate of drug-likeness (QED) is 0.725. The van der Waals surface area contributed by atoms with Crippen LogP contribution in [-0.4, -0.2) is 9.97 Å². The second kappa shape index (κ2) is 6.72. The third-order valence-corrected chi connectivity index (χ3v) is 2.16. The molecule has 2 nitrogen and oxygen atoms in total. The Morgan fingerprint density at radius 1 is 1.00 bits per heavy atom. The van der Waals surface area contributed by atoms with Crippen molar-refractivity contribution in [3.8, 4) is 0 Å². The zero-order valence-electron chi connectivity index (χ0n) is 10.1. The summed E-state index contributed by atoms with van der Waals surface area (Å²) in [7, 11) is 0. The highest BCUT2D eigenvalue weighted by Gasteiger charge is 1.94. The molecule has 0 amide bonds. The van der Waals surface area contributed by atoms with Crippen LogP contribution in [0.3, 0.4) is 0 Å². The van der Waals surface area contributed by atoms with Gasteiger partial charge in [0.05, 0.1) is 0 Å². The first kappa shape index (κ1) is 12.4. The van der Waals surface area contributed by atoms with Gasteiger partial charge in [0.25, 0.3) is 0 Å². The molecule has 0 aliphatic heterocycles. The smallest absolute Gasteiger partial charge is 0.0372 e. The van der Waals surface area contributed by atoms with Gasteiger partial charge in [0.15, 0.2) is 0 Å². The lowest BCUT2D eigenvalue weighted by Crippen LogP contribution is -1.85. The summed E-state index contributed by atoms with van der Waals surface area (Å²) in [4.78, 5) is 7.99. The molecule has 0 unspecified atom stereocenters. The average molecular weight is 214 g/mol. The summed E-state index contributed by atoms with van der Waals surface area (Å²) >= 11 is 0. The molecule has 0 N–H and O–H groups in total. The first-order valence-electron chi connectivity index (χ1n) is 5.47. The molecule has 0 atom stereocenters. The van der Waals surface area contributed by atoms with Gasteiger partial charge in [-0.25, -0.2) is 0 Å². The summed E-state index contributed by atoms with van der Waals surface area (Å²) in [5, 5.41) is 0. The number of aryl methyl sites for hydroxylation is 1. The number of pyridine rings is 2. The highest BCUT2D eigenvalue weighted by atomic mass is 14.6. The molecule has 0 radical (unpaired) electrons. The van der Waals surface area contributed by atoms with Crippen molar-refractivity contribution < 1.29 is 0 Å². The third-order valence-electron chi connectivity index (χ3n) is 2.16. The standard InChI is InChI=1S/C8H11N.C6H7N/c1-7(2)8-4-3-5-9-6-8;1-6-4-2-3-5-7-6/h3-7H,1-2H3;2-5H,1H3. The van der Waals surface area contributed by atoms with Crippen LogP contribution < -0.4 is 0 Å². The van der Waals surface area contributed by atoms with Crippen LogP contribution in [0.4, 0.5) is 0 Å². The second-order valence-electron chi connectivity index (χ2n) is 3.91. The van der Waals surface area contributed by atoms with Crippen molar-refractivity contribution in [3.63, 3.8) is 0 Å². The van der Waals surface area contributed by atoms with Gasteiger partial charge in [-0.1, -0.05) is 26.0 Å². The Hall–Kier alpha value is -1.70. The van der Waals surface area contributed by atoms with Gasteiger partial charge in [0.2, 0.25) is 0 Å². The Kier molecular flexibility index (Phi) is 5.20. The van der Waals surface area contributed by atoms with Crippen LogP contribution >= 0.6 is 0 Å². The zero-order valence-corrected chi connectivity index (χ0v) is 10.1. The lowest BCUT2D eigenvalue weighted by molar-refractivity contribution is 0.858. The summed E-state index contributed by atoms with van der Waals surface area (Å²) in [6.07, 6.45) is 5.49. The molecule has 2 heteroatoms. The monoisotopic (exact) mass is 214 g/mol. The number of nitrogens with zero attached hydrogens (tertiary/aromatic N) is 2. The van der Waals surface area contributed by atoms with E-state index >= 15 is 0 Å². The molecule has 0 saturated carbocycles. The Labute approximate surface area is 97.4 Å². The number of rotatable bonds is 1. The van der Waals surface area contributed by atoms with Gasteiger partial charge in [0, 0.05) is 24.3 Å². The van der Waals surface area contributed by atoms with E-state index in [4.69, 9.17) is 0 Å². The molecule has 2 aromatic heterocycles. The normalized spacial score (nSPS) is 9.50. The van der Waals surface area contributed by atoms with E-state index in [-0.39, 0.29) is 0 Å².